The number of nitrogens with zero attached hydrogens (tertiary/aromatic N) is 2. The van der Waals surface area contributed by atoms with E-state index in [9.17, 15) is 0 Å². The third-order valence-electron chi connectivity index (χ3n) is 3.66. The van der Waals surface area contributed by atoms with Gasteiger partial charge in [-0.05, 0) is 31.7 Å². The normalized spacial score (nSPS) is 20.6. The van der Waals surface area contributed by atoms with E-state index >= 15 is 0 Å². The third-order valence-corrected chi connectivity index (χ3v) is 3.66. The van der Waals surface area contributed by atoms with E-state index in [-0.39, 0.29) is 0 Å². The molecule has 1 aromatic rings. The molecule has 3 nitrogen and oxygen atoms in total. The van der Waals surface area contributed by atoms with Crippen LogP contribution < -0.4 is 10.6 Å². The van der Waals surface area contributed by atoms with Crippen molar-refractivity contribution in [2.75, 3.05) is 11.4 Å². The molecule has 0 bridgehead atoms. The lowest BCUT2D eigenvalue weighted by molar-refractivity contribution is 0.434. The molecule has 1 unspecified atom stereocenters. The van der Waals surface area contributed by atoms with Gasteiger partial charge in [0.2, 0.25) is 0 Å². The Bertz CT molecular complexity index is 349. The highest BCUT2D eigenvalue weighted by atomic mass is 15.2. The maximum Gasteiger partial charge on any atom is 0.0445 e. The van der Waals surface area contributed by atoms with Crippen LogP contribution in [0.4, 0.5) is 5.69 Å². The smallest absolute Gasteiger partial charge is 0.0445 e. The molecule has 0 radical (unpaired) electrons. The van der Waals surface area contributed by atoms with Gasteiger partial charge in [-0.15, -0.1) is 0 Å². The first-order valence-corrected chi connectivity index (χ1v) is 6.76. The Morgan fingerprint density at radius 2 is 2.35 bits per heavy atom. The van der Waals surface area contributed by atoms with Crippen LogP contribution in [0.5, 0.6) is 0 Å². The molecule has 0 aromatic carbocycles. The van der Waals surface area contributed by atoms with Crippen molar-refractivity contribution in [1.82, 2.24) is 4.98 Å². The highest BCUT2D eigenvalue weighted by Crippen LogP contribution is 2.29. The maximum absolute atomic E-state index is 5.81. The molecule has 2 rings (SSSR count). The lowest BCUT2D eigenvalue weighted by atomic mass is 9.97. The second kappa shape index (κ2) is 6.01. The molecule has 1 fully saturated rings. The quantitative estimate of drug-likeness (QED) is 0.869. The Hall–Kier alpha value is -1.09. The summed E-state index contributed by atoms with van der Waals surface area (Å²) in [6, 6.07) is 2.82. The minimum atomic E-state index is 0.582. The molecule has 2 N–H and O–H groups in total. The van der Waals surface area contributed by atoms with E-state index in [1.807, 2.05) is 12.4 Å². The lowest BCUT2D eigenvalue weighted by Gasteiger charge is -2.38. The van der Waals surface area contributed by atoms with Crippen LogP contribution in [-0.2, 0) is 6.54 Å². The van der Waals surface area contributed by atoms with Crippen molar-refractivity contribution < 1.29 is 0 Å². The van der Waals surface area contributed by atoms with Crippen LogP contribution in [0.2, 0.25) is 0 Å². The minimum Gasteiger partial charge on any atom is -0.368 e. The van der Waals surface area contributed by atoms with Crippen LogP contribution >= 0.6 is 0 Å². The average molecular weight is 233 g/mol. The van der Waals surface area contributed by atoms with E-state index in [1.165, 1.54) is 49.9 Å². The van der Waals surface area contributed by atoms with Gasteiger partial charge < -0.3 is 10.6 Å². The van der Waals surface area contributed by atoms with Crippen molar-refractivity contribution >= 4 is 5.69 Å². The number of rotatable bonds is 4. The number of pyridine rings is 1. The van der Waals surface area contributed by atoms with E-state index in [0.717, 1.165) is 0 Å². The molecule has 0 amide bonds. The zero-order chi connectivity index (χ0) is 12.1. The van der Waals surface area contributed by atoms with Crippen molar-refractivity contribution in [3.63, 3.8) is 0 Å². The van der Waals surface area contributed by atoms with E-state index in [0.29, 0.717) is 12.6 Å². The summed E-state index contributed by atoms with van der Waals surface area (Å²) in [5.41, 5.74) is 8.29. The number of anilines is 1. The summed E-state index contributed by atoms with van der Waals surface area (Å²) < 4.78 is 0. The Kier molecular flexibility index (Phi) is 4.37. The van der Waals surface area contributed by atoms with Crippen LogP contribution in [0.15, 0.2) is 18.5 Å². The maximum atomic E-state index is 5.81. The molecule has 1 aliphatic heterocycles. The molecular weight excluding hydrogens is 210 g/mol. The van der Waals surface area contributed by atoms with E-state index in [1.54, 1.807) is 0 Å². The summed E-state index contributed by atoms with van der Waals surface area (Å²) in [7, 11) is 0. The molecule has 3 heteroatoms. The highest BCUT2D eigenvalue weighted by molar-refractivity contribution is 5.53. The first kappa shape index (κ1) is 12.4. The monoisotopic (exact) mass is 233 g/mol. The molecule has 1 saturated heterocycles. The fourth-order valence-corrected chi connectivity index (χ4v) is 2.81. The molecular formula is C14H23N3. The highest BCUT2D eigenvalue weighted by Gasteiger charge is 2.23. The second-order valence-corrected chi connectivity index (χ2v) is 4.84. The number of piperidine rings is 1. The van der Waals surface area contributed by atoms with Gasteiger partial charge in [0, 0.05) is 42.8 Å². The molecule has 0 aliphatic carbocycles. The second-order valence-electron chi connectivity index (χ2n) is 4.84. The van der Waals surface area contributed by atoms with Gasteiger partial charge in [-0.25, -0.2) is 0 Å². The van der Waals surface area contributed by atoms with Crippen molar-refractivity contribution in [2.24, 2.45) is 5.73 Å². The largest absolute Gasteiger partial charge is 0.368 e. The fourth-order valence-electron chi connectivity index (χ4n) is 2.81. The molecule has 94 valence electrons. The van der Waals surface area contributed by atoms with E-state index in [2.05, 4.69) is 22.9 Å². The average Bonchev–Trinajstić information content (AvgIpc) is 2.40. The van der Waals surface area contributed by atoms with Gasteiger partial charge in [-0.1, -0.05) is 13.3 Å². The summed E-state index contributed by atoms with van der Waals surface area (Å²) in [5, 5.41) is 0. The molecule has 1 aliphatic rings. The van der Waals surface area contributed by atoms with Gasteiger partial charge in [0.05, 0.1) is 0 Å². The van der Waals surface area contributed by atoms with Crippen molar-refractivity contribution in [3.8, 4) is 0 Å². The van der Waals surface area contributed by atoms with Gasteiger partial charge >= 0.3 is 0 Å². The Morgan fingerprint density at radius 1 is 1.47 bits per heavy atom. The molecule has 2 heterocycles. The Labute approximate surface area is 104 Å². The summed E-state index contributed by atoms with van der Waals surface area (Å²) in [5.74, 6) is 0. The summed E-state index contributed by atoms with van der Waals surface area (Å²) >= 11 is 0. The predicted molar refractivity (Wildman–Crippen MR) is 72.0 cm³/mol. The van der Waals surface area contributed by atoms with Crippen molar-refractivity contribution in [3.05, 3.63) is 24.0 Å². The number of hydrogen-bond acceptors (Lipinski definition) is 3. The zero-order valence-electron chi connectivity index (χ0n) is 10.7. The van der Waals surface area contributed by atoms with E-state index < -0.39 is 0 Å². The summed E-state index contributed by atoms with van der Waals surface area (Å²) in [6.07, 6.45) is 10.3. The van der Waals surface area contributed by atoms with Crippen LogP contribution in [0.25, 0.3) is 0 Å². The van der Waals surface area contributed by atoms with Crippen molar-refractivity contribution in [1.29, 1.82) is 0 Å². The summed E-state index contributed by atoms with van der Waals surface area (Å²) in [6.45, 7) is 4.02. The molecule has 17 heavy (non-hydrogen) atoms. The number of aromatic nitrogens is 1. The summed E-state index contributed by atoms with van der Waals surface area (Å²) in [4.78, 5) is 6.73. The zero-order valence-corrected chi connectivity index (χ0v) is 10.7. The fraction of sp³-hybridized carbons (Fsp3) is 0.643. The Balaban J connectivity index is 2.22. The van der Waals surface area contributed by atoms with Gasteiger partial charge in [-0.3, -0.25) is 4.98 Å². The first-order valence-electron chi connectivity index (χ1n) is 6.76. The van der Waals surface area contributed by atoms with Gasteiger partial charge in [-0.2, -0.15) is 0 Å². The molecule has 1 aromatic heterocycles. The Morgan fingerprint density at radius 3 is 3.12 bits per heavy atom. The minimum absolute atomic E-state index is 0.582. The van der Waals surface area contributed by atoms with Gasteiger partial charge in [0.25, 0.3) is 0 Å². The molecule has 0 saturated carbocycles. The predicted octanol–water partition coefficient (Wildman–Crippen LogP) is 2.70. The molecule has 0 spiro atoms. The molecule has 1 atom stereocenters. The lowest BCUT2D eigenvalue weighted by Crippen LogP contribution is -2.40. The van der Waals surface area contributed by atoms with Crippen LogP contribution in [0.3, 0.4) is 0 Å². The standard InChI is InChI=1S/C14H23N3/c1-2-5-13-6-3-4-9-17(13)14-7-8-16-11-12(14)10-15/h7-8,11,13H,2-6,9-10,15H2,1H3. The number of nitrogens with two attached hydrogens (primary N) is 1. The topological polar surface area (TPSA) is 42.2 Å². The third kappa shape index (κ3) is 2.78. The van der Waals surface area contributed by atoms with Crippen LogP contribution in [0, 0.1) is 0 Å². The first-order chi connectivity index (χ1) is 8.36. The van der Waals surface area contributed by atoms with Crippen LogP contribution in [-0.4, -0.2) is 17.6 Å². The van der Waals surface area contributed by atoms with Gasteiger partial charge in [0.1, 0.15) is 0 Å². The van der Waals surface area contributed by atoms with Crippen LogP contribution in [0.1, 0.15) is 44.6 Å². The number of hydrogen-bond donors (Lipinski definition) is 1. The SMILES string of the molecule is CCCC1CCCCN1c1ccncc1CN. The van der Waals surface area contributed by atoms with Gasteiger partial charge in [0.15, 0.2) is 0 Å². The van der Waals surface area contributed by atoms with E-state index in [4.69, 9.17) is 5.73 Å². The van der Waals surface area contributed by atoms with Crippen molar-refractivity contribution in [2.45, 2.75) is 51.6 Å².